The smallest absolute Gasteiger partial charge is 0.239 e. The Morgan fingerprint density at radius 3 is 2.57 bits per heavy atom. The first-order chi connectivity index (χ1) is 11.1. The maximum absolute atomic E-state index is 13.5. The molecule has 0 saturated carbocycles. The molecular weight excluding hydrogens is 295 g/mol. The van der Waals surface area contributed by atoms with Crippen LogP contribution in [-0.4, -0.2) is 55.0 Å². The van der Waals surface area contributed by atoms with E-state index in [1.807, 2.05) is 23.8 Å². The number of hydrogen-bond acceptors (Lipinski definition) is 3. The number of likely N-dealkylation sites (N-methyl/N-ethyl adjacent to an activating group) is 1. The fraction of sp³-hybridized carbons (Fsp3) is 0.611. The lowest BCUT2D eigenvalue weighted by Crippen LogP contribution is -2.47. The van der Waals surface area contributed by atoms with Gasteiger partial charge in [0.15, 0.2) is 11.6 Å². The molecule has 23 heavy (non-hydrogen) atoms. The average molecular weight is 322 g/mol. The van der Waals surface area contributed by atoms with Crippen molar-refractivity contribution in [1.82, 2.24) is 9.80 Å². The normalized spacial score (nSPS) is 17.0. The van der Waals surface area contributed by atoms with E-state index < -0.39 is 0 Å². The second kappa shape index (κ2) is 8.87. The van der Waals surface area contributed by atoms with Crippen molar-refractivity contribution in [3.63, 3.8) is 0 Å². The highest BCUT2D eigenvalue weighted by Crippen LogP contribution is 2.15. The van der Waals surface area contributed by atoms with Gasteiger partial charge in [0, 0.05) is 19.6 Å². The van der Waals surface area contributed by atoms with Crippen LogP contribution in [0.3, 0.4) is 0 Å². The van der Waals surface area contributed by atoms with Gasteiger partial charge in [0.2, 0.25) is 5.91 Å². The van der Waals surface area contributed by atoms with E-state index in [1.165, 1.54) is 18.9 Å². The lowest BCUT2D eigenvalue weighted by atomic mass is 10.2. The summed E-state index contributed by atoms with van der Waals surface area (Å²) in [4.78, 5) is 16.5. The Balaban J connectivity index is 1.78. The Hall–Kier alpha value is -1.62. The van der Waals surface area contributed by atoms with Crippen molar-refractivity contribution in [2.24, 2.45) is 0 Å². The molecule has 1 fully saturated rings. The van der Waals surface area contributed by atoms with Crippen molar-refractivity contribution in [2.75, 3.05) is 33.3 Å². The SMILES string of the molecule is CC(C(=O)N1CCCCCC1)N(C)CCOc1ccccc1F. The summed E-state index contributed by atoms with van der Waals surface area (Å²) in [5.41, 5.74) is 0. The van der Waals surface area contributed by atoms with Gasteiger partial charge < -0.3 is 9.64 Å². The Labute approximate surface area is 138 Å². The number of benzene rings is 1. The largest absolute Gasteiger partial charge is 0.489 e. The van der Waals surface area contributed by atoms with Crippen LogP contribution in [0.25, 0.3) is 0 Å². The Morgan fingerprint density at radius 1 is 1.26 bits per heavy atom. The van der Waals surface area contributed by atoms with Crippen molar-refractivity contribution < 1.29 is 13.9 Å². The van der Waals surface area contributed by atoms with Crippen molar-refractivity contribution >= 4 is 5.91 Å². The first kappa shape index (κ1) is 17.7. The van der Waals surface area contributed by atoms with Crippen LogP contribution in [-0.2, 0) is 4.79 Å². The predicted octanol–water partition coefficient (Wildman–Crippen LogP) is 2.93. The van der Waals surface area contributed by atoms with Gasteiger partial charge in [0.25, 0.3) is 0 Å². The summed E-state index contributed by atoms with van der Waals surface area (Å²) in [6.45, 7) is 4.59. The van der Waals surface area contributed by atoms with E-state index in [1.54, 1.807) is 18.2 Å². The third-order valence-corrected chi connectivity index (χ3v) is 4.47. The summed E-state index contributed by atoms with van der Waals surface area (Å²) in [6.07, 6.45) is 4.62. The number of halogens is 1. The average Bonchev–Trinajstić information content (AvgIpc) is 2.84. The van der Waals surface area contributed by atoms with Crippen LogP contribution in [0.4, 0.5) is 4.39 Å². The molecule has 1 aromatic carbocycles. The minimum atomic E-state index is -0.358. The number of amides is 1. The number of hydrogen-bond donors (Lipinski definition) is 0. The van der Waals surface area contributed by atoms with Crippen molar-refractivity contribution in [1.29, 1.82) is 0 Å². The standard InChI is InChI=1S/C18H27FN2O2/c1-15(18(22)21-11-7-3-4-8-12-21)20(2)13-14-23-17-10-6-5-9-16(17)19/h5-6,9-10,15H,3-4,7-8,11-14H2,1-2H3. The number of carbonyl (C=O) groups is 1. The zero-order valence-corrected chi connectivity index (χ0v) is 14.1. The van der Waals surface area contributed by atoms with E-state index in [9.17, 15) is 9.18 Å². The van der Waals surface area contributed by atoms with E-state index in [-0.39, 0.29) is 23.5 Å². The van der Waals surface area contributed by atoms with Gasteiger partial charge in [-0.05, 0) is 38.9 Å². The van der Waals surface area contributed by atoms with Gasteiger partial charge in [-0.1, -0.05) is 25.0 Å². The predicted molar refractivity (Wildman–Crippen MR) is 89.0 cm³/mol. The summed E-state index contributed by atoms with van der Waals surface area (Å²) in [6, 6.07) is 6.19. The molecule has 1 unspecified atom stereocenters. The topological polar surface area (TPSA) is 32.8 Å². The van der Waals surface area contributed by atoms with Crippen LogP contribution in [0.1, 0.15) is 32.6 Å². The fourth-order valence-corrected chi connectivity index (χ4v) is 2.80. The van der Waals surface area contributed by atoms with Crippen molar-refractivity contribution in [3.8, 4) is 5.75 Å². The summed E-state index contributed by atoms with van der Waals surface area (Å²) >= 11 is 0. The van der Waals surface area contributed by atoms with E-state index in [2.05, 4.69) is 0 Å². The number of nitrogens with zero attached hydrogens (tertiary/aromatic N) is 2. The van der Waals surface area contributed by atoms with E-state index in [4.69, 9.17) is 4.74 Å². The number of likely N-dealkylation sites (tertiary alicyclic amines) is 1. The Kier molecular flexibility index (Phi) is 6.84. The summed E-state index contributed by atoms with van der Waals surface area (Å²) in [5, 5.41) is 0. The molecule has 0 bridgehead atoms. The minimum absolute atomic E-state index is 0.181. The van der Waals surface area contributed by atoms with E-state index in [0.29, 0.717) is 13.2 Å². The molecule has 2 rings (SSSR count). The van der Waals surface area contributed by atoms with E-state index >= 15 is 0 Å². The lowest BCUT2D eigenvalue weighted by Gasteiger charge is -2.29. The van der Waals surface area contributed by atoms with Crippen LogP contribution < -0.4 is 4.74 Å². The zero-order valence-electron chi connectivity index (χ0n) is 14.1. The van der Waals surface area contributed by atoms with Gasteiger partial charge in [-0.25, -0.2) is 4.39 Å². The van der Waals surface area contributed by atoms with Crippen LogP contribution in [0, 0.1) is 5.82 Å². The molecule has 128 valence electrons. The van der Waals surface area contributed by atoms with Crippen molar-refractivity contribution in [2.45, 2.75) is 38.6 Å². The van der Waals surface area contributed by atoms with Gasteiger partial charge in [-0.3, -0.25) is 9.69 Å². The molecule has 1 saturated heterocycles. The highest BCUT2D eigenvalue weighted by molar-refractivity contribution is 5.81. The fourth-order valence-electron chi connectivity index (χ4n) is 2.80. The number of para-hydroxylation sites is 1. The Morgan fingerprint density at radius 2 is 1.91 bits per heavy atom. The molecule has 5 heteroatoms. The quantitative estimate of drug-likeness (QED) is 0.807. The van der Waals surface area contributed by atoms with E-state index in [0.717, 1.165) is 25.9 Å². The minimum Gasteiger partial charge on any atom is -0.489 e. The monoisotopic (exact) mass is 322 g/mol. The van der Waals surface area contributed by atoms with Crippen LogP contribution >= 0.6 is 0 Å². The number of rotatable bonds is 6. The zero-order chi connectivity index (χ0) is 16.7. The molecule has 1 aliphatic heterocycles. The lowest BCUT2D eigenvalue weighted by molar-refractivity contribution is -0.136. The van der Waals surface area contributed by atoms with Gasteiger partial charge >= 0.3 is 0 Å². The number of ether oxygens (including phenoxy) is 1. The first-order valence-electron chi connectivity index (χ1n) is 8.46. The number of carbonyl (C=O) groups excluding carboxylic acids is 1. The van der Waals surface area contributed by atoms with Crippen molar-refractivity contribution in [3.05, 3.63) is 30.1 Å². The third-order valence-electron chi connectivity index (χ3n) is 4.47. The molecule has 1 heterocycles. The highest BCUT2D eigenvalue weighted by Gasteiger charge is 2.24. The summed E-state index contributed by atoms with van der Waals surface area (Å²) in [7, 11) is 1.91. The maximum Gasteiger partial charge on any atom is 0.239 e. The van der Waals surface area contributed by atoms with Crippen LogP contribution in [0.2, 0.25) is 0 Å². The third kappa shape index (κ3) is 5.20. The summed E-state index contributed by atoms with van der Waals surface area (Å²) < 4.78 is 18.9. The molecule has 1 amide bonds. The van der Waals surface area contributed by atoms with Gasteiger partial charge in [-0.2, -0.15) is 0 Å². The van der Waals surface area contributed by atoms with Crippen LogP contribution in [0.15, 0.2) is 24.3 Å². The van der Waals surface area contributed by atoms with Gasteiger partial charge in [-0.15, -0.1) is 0 Å². The van der Waals surface area contributed by atoms with Gasteiger partial charge in [0.1, 0.15) is 6.61 Å². The van der Waals surface area contributed by atoms with Gasteiger partial charge in [0.05, 0.1) is 6.04 Å². The maximum atomic E-state index is 13.5. The molecular formula is C18H27FN2O2. The molecule has 1 atom stereocenters. The second-order valence-corrected chi connectivity index (χ2v) is 6.17. The molecule has 1 aromatic rings. The Bertz CT molecular complexity index is 502. The highest BCUT2D eigenvalue weighted by atomic mass is 19.1. The molecule has 0 spiro atoms. The molecule has 0 aromatic heterocycles. The molecule has 0 N–H and O–H groups in total. The molecule has 0 radical (unpaired) electrons. The molecule has 0 aliphatic carbocycles. The molecule has 4 nitrogen and oxygen atoms in total. The molecule has 1 aliphatic rings. The first-order valence-corrected chi connectivity index (χ1v) is 8.46. The second-order valence-electron chi connectivity index (χ2n) is 6.17. The summed E-state index contributed by atoms with van der Waals surface area (Å²) in [5.74, 6) is 0.0801. The van der Waals surface area contributed by atoms with Crippen LogP contribution in [0.5, 0.6) is 5.75 Å².